The maximum Gasteiger partial charge on any atom is 0.166 e. The van der Waals surface area contributed by atoms with Gasteiger partial charge in [-0.15, -0.1) is 0 Å². The van der Waals surface area contributed by atoms with Gasteiger partial charge in [-0.2, -0.15) is 0 Å². The summed E-state index contributed by atoms with van der Waals surface area (Å²) in [5.41, 5.74) is 0.710. The third-order valence-electron chi connectivity index (χ3n) is 3.09. The van der Waals surface area contributed by atoms with Crippen LogP contribution in [0.3, 0.4) is 0 Å². The normalized spacial score (nSPS) is 12.7. The summed E-state index contributed by atoms with van der Waals surface area (Å²) >= 11 is 0. The molecule has 0 atom stereocenters. The van der Waals surface area contributed by atoms with Crippen LogP contribution in [0.4, 0.5) is 0 Å². The highest BCUT2D eigenvalue weighted by molar-refractivity contribution is 7.92. The molecule has 18 heavy (non-hydrogen) atoms. The molecular formula is C14H20O3S. The van der Waals surface area contributed by atoms with Crippen molar-refractivity contribution in [2.75, 3.05) is 0 Å². The molecule has 0 heterocycles. The Balaban J connectivity index is 3.04. The monoisotopic (exact) mass is 268 g/mol. The van der Waals surface area contributed by atoms with Crippen molar-refractivity contribution in [2.45, 2.75) is 38.2 Å². The number of hydrogen-bond donors (Lipinski definition) is 0. The van der Waals surface area contributed by atoms with Gasteiger partial charge in [0.05, 0.1) is 5.75 Å². The molecular weight excluding hydrogens is 248 g/mol. The van der Waals surface area contributed by atoms with E-state index in [0.29, 0.717) is 5.56 Å². The number of carbonyl (C=O) groups excluding carboxylic acids is 1. The molecule has 1 rings (SSSR count). The third kappa shape index (κ3) is 2.99. The molecule has 0 radical (unpaired) electrons. The molecule has 0 fully saturated rings. The van der Waals surface area contributed by atoms with Gasteiger partial charge in [-0.3, -0.25) is 4.79 Å². The summed E-state index contributed by atoms with van der Waals surface area (Å²) in [7, 11) is -3.51. The van der Waals surface area contributed by atoms with Gasteiger partial charge in [0.15, 0.2) is 15.6 Å². The van der Waals surface area contributed by atoms with Gasteiger partial charge in [0, 0.05) is 5.92 Å². The molecule has 0 aliphatic rings. The molecule has 1 aromatic rings. The van der Waals surface area contributed by atoms with Gasteiger partial charge in [-0.1, -0.05) is 44.2 Å². The second-order valence-electron chi connectivity index (χ2n) is 5.27. The zero-order valence-electron chi connectivity index (χ0n) is 11.3. The Hall–Kier alpha value is -1.16. The van der Waals surface area contributed by atoms with E-state index in [1.54, 1.807) is 38.1 Å². The van der Waals surface area contributed by atoms with Gasteiger partial charge in [-0.25, -0.2) is 8.42 Å². The Kier molecular flexibility index (Phi) is 4.32. The molecule has 0 aliphatic heterocycles. The van der Waals surface area contributed by atoms with Gasteiger partial charge >= 0.3 is 0 Å². The van der Waals surface area contributed by atoms with E-state index in [1.165, 1.54) is 13.8 Å². The van der Waals surface area contributed by atoms with E-state index in [2.05, 4.69) is 0 Å². The van der Waals surface area contributed by atoms with E-state index >= 15 is 0 Å². The van der Waals surface area contributed by atoms with E-state index in [4.69, 9.17) is 0 Å². The maximum absolute atomic E-state index is 12.3. The fourth-order valence-corrected chi connectivity index (χ4v) is 3.36. The van der Waals surface area contributed by atoms with Crippen LogP contribution in [0.15, 0.2) is 30.3 Å². The lowest BCUT2D eigenvalue weighted by molar-refractivity contribution is -0.123. The fourth-order valence-electron chi connectivity index (χ4n) is 1.82. The molecule has 0 saturated heterocycles. The Morgan fingerprint density at radius 2 is 1.67 bits per heavy atom. The molecule has 0 unspecified atom stereocenters. The van der Waals surface area contributed by atoms with Gasteiger partial charge < -0.3 is 0 Å². The summed E-state index contributed by atoms with van der Waals surface area (Å²) < 4.78 is 23.4. The molecule has 100 valence electrons. The predicted octanol–water partition coefficient (Wildman–Crippen LogP) is 2.61. The van der Waals surface area contributed by atoms with Crippen molar-refractivity contribution in [1.82, 2.24) is 0 Å². The molecule has 0 aromatic heterocycles. The van der Waals surface area contributed by atoms with Crippen molar-refractivity contribution in [2.24, 2.45) is 5.92 Å². The minimum Gasteiger partial charge on any atom is -0.298 e. The number of Topliss-reactive ketones (excluding diaryl/α,β-unsaturated/α-hetero) is 1. The highest BCUT2D eigenvalue weighted by atomic mass is 32.2. The number of benzene rings is 1. The maximum atomic E-state index is 12.3. The second-order valence-corrected chi connectivity index (χ2v) is 7.81. The lowest BCUT2D eigenvalue weighted by Crippen LogP contribution is -2.43. The number of carbonyl (C=O) groups is 1. The molecule has 0 spiro atoms. The SMILES string of the molecule is CC(C)C(=O)C(C)(C)S(=O)(=O)Cc1ccccc1. The summed E-state index contributed by atoms with van der Waals surface area (Å²) in [5, 5.41) is 0. The molecule has 0 saturated carbocycles. The molecule has 1 aromatic carbocycles. The van der Waals surface area contributed by atoms with E-state index in [-0.39, 0.29) is 17.5 Å². The van der Waals surface area contributed by atoms with Crippen molar-refractivity contribution in [3.8, 4) is 0 Å². The minimum absolute atomic E-state index is 0.0979. The van der Waals surface area contributed by atoms with Crippen LogP contribution < -0.4 is 0 Å². The Labute approximate surface area is 109 Å². The van der Waals surface area contributed by atoms with Crippen LogP contribution in [0.5, 0.6) is 0 Å². The number of ketones is 1. The van der Waals surface area contributed by atoms with Crippen LogP contribution >= 0.6 is 0 Å². The van der Waals surface area contributed by atoms with E-state index in [0.717, 1.165) is 0 Å². The van der Waals surface area contributed by atoms with E-state index in [1.807, 2.05) is 6.07 Å². The highest BCUT2D eigenvalue weighted by Gasteiger charge is 2.42. The lowest BCUT2D eigenvalue weighted by atomic mass is 9.98. The average molecular weight is 268 g/mol. The molecule has 0 amide bonds. The molecule has 3 nitrogen and oxygen atoms in total. The Morgan fingerprint density at radius 1 is 1.17 bits per heavy atom. The third-order valence-corrected chi connectivity index (χ3v) is 5.56. The van der Waals surface area contributed by atoms with Gasteiger partial charge in [0.1, 0.15) is 4.75 Å². The zero-order valence-corrected chi connectivity index (χ0v) is 12.1. The summed E-state index contributed by atoms with van der Waals surface area (Å²) in [6.45, 7) is 6.44. The number of rotatable bonds is 5. The van der Waals surface area contributed by atoms with Crippen LogP contribution in [0, 0.1) is 5.92 Å². The first-order valence-corrected chi connectivity index (χ1v) is 7.64. The van der Waals surface area contributed by atoms with Gasteiger partial charge in [-0.05, 0) is 19.4 Å². The average Bonchev–Trinajstić information content (AvgIpc) is 2.28. The fraction of sp³-hybridized carbons (Fsp3) is 0.500. The topological polar surface area (TPSA) is 51.2 Å². The summed E-state index contributed by atoms with van der Waals surface area (Å²) in [4.78, 5) is 12.0. The first-order chi connectivity index (χ1) is 8.18. The molecule has 0 N–H and O–H groups in total. The van der Waals surface area contributed by atoms with Gasteiger partial charge in [0.25, 0.3) is 0 Å². The first kappa shape index (κ1) is 14.9. The summed E-state index contributed by atoms with van der Waals surface area (Å²) in [6.07, 6.45) is 0. The van der Waals surface area contributed by atoms with Crippen LogP contribution in [0.25, 0.3) is 0 Å². The predicted molar refractivity (Wildman–Crippen MR) is 73.0 cm³/mol. The largest absolute Gasteiger partial charge is 0.298 e. The molecule has 0 aliphatic carbocycles. The van der Waals surface area contributed by atoms with Crippen molar-refractivity contribution in [1.29, 1.82) is 0 Å². The molecule has 4 heteroatoms. The molecule has 0 bridgehead atoms. The second kappa shape index (κ2) is 5.22. The van der Waals surface area contributed by atoms with Crippen LogP contribution in [-0.4, -0.2) is 18.9 Å². The van der Waals surface area contributed by atoms with Crippen molar-refractivity contribution in [3.05, 3.63) is 35.9 Å². The Bertz CT molecular complexity index is 513. The van der Waals surface area contributed by atoms with Crippen molar-refractivity contribution in [3.63, 3.8) is 0 Å². The van der Waals surface area contributed by atoms with Crippen LogP contribution in [0.1, 0.15) is 33.3 Å². The van der Waals surface area contributed by atoms with E-state index in [9.17, 15) is 13.2 Å². The first-order valence-electron chi connectivity index (χ1n) is 5.99. The Morgan fingerprint density at radius 3 is 2.11 bits per heavy atom. The summed E-state index contributed by atoms with van der Waals surface area (Å²) in [5.74, 6) is -0.622. The smallest absolute Gasteiger partial charge is 0.166 e. The lowest BCUT2D eigenvalue weighted by Gasteiger charge is -2.25. The van der Waals surface area contributed by atoms with Crippen LogP contribution in [0.2, 0.25) is 0 Å². The van der Waals surface area contributed by atoms with Crippen molar-refractivity contribution < 1.29 is 13.2 Å². The minimum atomic E-state index is -3.51. The van der Waals surface area contributed by atoms with Gasteiger partial charge in [0.2, 0.25) is 0 Å². The quantitative estimate of drug-likeness (QED) is 0.824. The standard InChI is InChI=1S/C14H20O3S/c1-11(2)13(15)14(3,4)18(16,17)10-12-8-6-5-7-9-12/h5-9,11H,10H2,1-4H3. The number of sulfone groups is 1. The highest BCUT2D eigenvalue weighted by Crippen LogP contribution is 2.25. The van der Waals surface area contributed by atoms with Crippen molar-refractivity contribution >= 4 is 15.6 Å². The number of hydrogen-bond acceptors (Lipinski definition) is 3. The zero-order chi connectivity index (χ0) is 14.0. The van der Waals surface area contributed by atoms with Crippen LogP contribution in [-0.2, 0) is 20.4 Å². The van der Waals surface area contributed by atoms with E-state index < -0.39 is 14.6 Å². The summed E-state index contributed by atoms with van der Waals surface area (Å²) in [6, 6.07) is 8.94.